The molecule has 0 rings (SSSR count). The Hall–Kier alpha value is -0.880. The number of aliphatic hydroxyl groups is 12. The minimum absolute atomic E-state index is 0.0000354. The maximum Gasteiger partial charge on any atom is 0.104 e. The van der Waals surface area contributed by atoms with Gasteiger partial charge in [-0.3, -0.25) is 0 Å². The predicted octanol–water partition coefficient (Wildman–Crippen LogP) is -7.01. The molecule has 328 valence electrons. The topological polar surface area (TPSA) is 335 Å². The third kappa shape index (κ3) is 28.5. The lowest BCUT2D eigenvalue weighted by Gasteiger charge is -2.26. The minimum atomic E-state index is -0.816. The molecule has 0 saturated carbocycles. The summed E-state index contributed by atoms with van der Waals surface area (Å²) in [6, 6.07) is 0. The van der Waals surface area contributed by atoms with Crippen molar-refractivity contribution in [1.29, 1.82) is 0 Å². The van der Waals surface area contributed by atoms with Gasteiger partial charge in [0.25, 0.3) is 0 Å². The molecule has 0 amide bonds. The molecule has 12 N–H and O–H groups in total. The van der Waals surface area contributed by atoms with Crippen LogP contribution in [0.4, 0.5) is 0 Å². The number of ether oxygens (including phenoxy) is 10. The molecule has 0 heterocycles. The average molecular weight is 805 g/mol. The number of hydrogen-bond acceptors (Lipinski definition) is 22. The summed E-state index contributed by atoms with van der Waals surface area (Å²) in [5, 5.41) is 109. The summed E-state index contributed by atoms with van der Waals surface area (Å²) in [6.45, 7) is -4.28. The van der Waals surface area contributed by atoms with E-state index in [1.807, 2.05) is 0 Å². The highest BCUT2D eigenvalue weighted by Crippen LogP contribution is 2.07. The van der Waals surface area contributed by atoms with E-state index < -0.39 is 114 Å². The number of rotatable bonds is 38. The van der Waals surface area contributed by atoms with Crippen LogP contribution in [0.3, 0.4) is 0 Å². The molecule has 0 aromatic carbocycles. The van der Waals surface area contributed by atoms with Crippen molar-refractivity contribution in [2.24, 2.45) is 0 Å². The van der Waals surface area contributed by atoms with Gasteiger partial charge in [-0.05, 0) is 0 Å². The van der Waals surface area contributed by atoms with Gasteiger partial charge >= 0.3 is 0 Å². The standard InChI is InChI=1S/C22H46O15.C10H22O7/c1-31-20(10-36-21(12-32-16(2-23)3-24)13-33-17(4-25)5-26)11-37-22(14-34-18(6-27)7-28)15-35-19(8-29)9-30;1-15-10(6-16-8(2-11)3-12)7-17-9(4-13)5-14/h16-30H,2-15H2,1H3;8-14H,2-7H2,1H3. The van der Waals surface area contributed by atoms with Gasteiger partial charge in [0, 0.05) is 14.2 Å². The number of aliphatic hydroxyl groups excluding tert-OH is 12. The Kier molecular flexibility index (Phi) is 39.8. The summed E-state index contributed by atoms with van der Waals surface area (Å²) in [5.41, 5.74) is 0. The molecule has 0 aliphatic heterocycles. The van der Waals surface area contributed by atoms with Gasteiger partial charge in [0.05, 0.1) is 132 Å². The highest BCUT2D eigenvalue weighted by Gasteiger charge is 2.22. The first kappa shape index (κ1) is 55.2. The van der Waals surface area contributed by atoms with E-state index in [4.69, 9.17) is 67.8 Å². The fourth-order valence-electron chi connectivity index (χ4n) is 3.58. The first-order chi connectivity index (χ1) is 26.1. The van der Waals surface area contributed by atoms with Crippen molar-refractivity contribution >= 4 is 0 Å². The molecule has 0 aromatic heterocycles. The van der Waals surface area contributed by atoms with Crippen LogP contribution in [0, 0.1) is 0 Å². The van der Waals surface area contributed by atoms with E-state index in [1.54, 1.807) is 0 Å². The third-order valence-electron chi connectivity index (χ3n) is 7.25. The predicted molar refractivity (Wildman–Crippen MR) is 185 cm³/mol. The summed E-state index contributed by atoms with van der Waals surface area (Å²) in [5.74, 6) is 0. The zero-order valence-electron chi connectivity index (χ0n) is 31.4. The zero-order valence-corrected chi connectivity index (χ0v) is 31.4. The van der Waals surface area contributed by atoms with Crippen molar-refractivity contribution in [3.63, 3.8) is 0 Å². The molecular formula is C32H68O22. The van der Waals surface area contributed by atoms with Crippen LogP contribution in [0.5, 0.6) is 0 Å². The lowest BCUT2D eigenvalue weighted by molar-refractivity contribution is -0.149. The molecule has 0 unspecified atom stereocenters. The molecular weight excluding hydrogens is 736 g/mol. The molecule has 22 heteroatoms. The molecule has 0 bridgehead atoms. The molecule has 54 heavy (non-hydrogen) atoms. The lowest BCUT2D eigenvalue weighted by atomic mass is 10.3. The second-order valence-electron chi connectivity index (χ2n) is 11.5. The van der Waals surface area contributed by atoms with Crippen molar-refractivity contribution < 1.29 is 109 Å². The number of methoxy groups -OCH3 is 2. The fraction of sp³-hybridized carbons (Fsp3) is 1.00. The molecule has 0 saturated heterocycles. The van der Waals surface area contributed by atoms with Crippen molar-refractivity contribution in [1.82, 2.24) is 0 Å². The molecule has 0 aliphatic carbocycles. The normalized spacial score (nSPS) is 12.4. The summed E-state index contributed by atoms with van der Waals surface area (Å²) >= 11 is 0. The first-order valence-electron chi connectivity index (χ1n) is 17.4. The lowest BCUT2D eigenvalue weighted by Crippen LogP contribution is -2.38. The van der Waals surface area contributed by atoms with Gasteiger partial charge in [-0.2, -0.15) is 0 Å². The molecule has 0 spiro atoms. The number of hydrogen-bond donors (Lipinski definition) is 12. The Bertz CT molecular complexity index is 649. The van der Waals surface area contributed by atoms with Crippen LogP contribution in [0.2, 0.25) is 0 Å². The van der Waals surface area contributed by atoms with E-state index in [9.17, 15) is 40.9 Å². The van der Waals surface area contributed by atoms with E-state index in [0.717, 1.165) is 0 Å². The Morgan fingerprint density at radius 2 is 0.352 bits per heavy atom. The van der Waals surface area contributed by atoms with E-state index >= 15 is 0 Å². The molecule has 0 aromatic rings. The SMILES string of the molecule is COC(COC(CO)CO)COC(CO)CO.COC(COC(COC(CO)CO)COC(CO)CO)COC(COC(CO)CO)COC(CO)CO. The third-order valence-corrected chi connectivity index (χ3v) is 7.25. The average Bonchev–Trinajstić information content (AvgIpc) is 3.21. The fourth-order valence-corrected chi connectivity index (χ4v) is 3.58. The largest absolute Gasteiger partial charge is 0.394 e. The second kappa shape index (κ2) is 39.0. The maximum atomic E-state index is 9.19. The minimum Gasteiger partial charge on any atom is -0.394 e. The van der Waals surface area contributed by atoms with Crippen LogP contribution in [-0.4, -0.2) is 269 Å². The van der Waals surface area contributed by atoms with Crippen molar-refractivity contribution in [3.05, 3.63) is 0 Å². The Morgan fingerprint density at radius 3 is 0.481 bits per heavy atom. The van der Waals surface area contributed by atoms with E-state index in [1.165, 1.54) is 14.2 Å². The first-order valence-corrected chi connectivity index (χ1v) is 17.4. The van der Waals surface area contributed by atoms with Crippen LogP contribution < -0.4 is 0 Å². The van der Waals surface area contributed by atoms with Crippen LogP contribution in [-0.2, 0) is 47.4 Å². The van der Waals surface area contributed by atoms with Crippen molar-refractivity contribution in [3.8, 4) is 0 Å². The summed E-state index contributed by atoms with van der Waals surface area (Å²) in [6.07, 6.45) is -6.94. The van der Waals surface area contributed by atoms with Crippen LogP contribution in [0.15, 0.2) is 0 Å². The van der Waals surface area contributed by atoms with E-state index in [-0.39, 0.29) is 79.3 Å². The maximum absolute atomic E-state index is 9.19. The quantitative estimate of drug-likeness (QED) is 0.0276. The Balaban J connectivity index is 0. The summed E-state index contributed by atoms with van der Waals surface area (Å²) in [4.78, 5) is 0. The smallest absolute Gasteiger partial charge is 0.104 e. The van der Waals surface area contributed by atoms with Crippen LogP contribution in [0.1, 0.15) is 0 Å². The zero-order chi connectivity index (χ0) is 41.0. The molecule has 0 aliphatic rings. The highest BCUT2D eigenvalue weighted by atomic mass is 16.6. The molecule has 22 nitrogen and oxygen atoms in total. The summed E-state index contributed by atoms with van der Waals surface area (Å²) in [7, 11) is 2.90. The van der Waals surface area contributed by atoms with Crippen LogP contribution >= 0.6 is 0 Å². The monoisotopic (exact) mass is 804 g/mol. The van der Waals surface area contributed by atoms with Gasteiger partial charge in [-0.1, -0.05) is 0 Å². The Labute approximate surface area is 316 Å². The van der Waals surface area contributed by atoms with Crippen LogP contribution in [0.25, 0.3) is 0 Å². The molecule has 0 atom stereocenters. The van der Waals surface area contributed by atoms with Gasteiger partial charge < -0.3 is 109 Å². The molecule has 0 radical (unpaired) electrons. The van der Waals surface area contributed by atoms with Gasteiger partial charge in [-0.15, -0.1) is 0 Å². The van der Waals surface area contributed by atoms with Gasteiger partial charge in [0.15, 0.2) is 0 Å². The van der Waals surface area contributed by atoms with Gasteiger partial charge in [0.1, 0.15) is 61.0 Å². The summed E-state index contributed by atoms with van der Waals surface area (Å²) < 4.78 is 54.0. The van der Waals surface area contributed by atoms with Gasteiger partial charge in [0.2, 0.25) is 0 Å². The Morgan fingerprint density at radius 1 is 0.222 bits per heavy atom. The second-order valence-corrected chi connectivity index (χ2v) is 11.5. The van der Waals surface area contributed by atoms with E-state index in [0.29, 0.717) is 0 Å². The van der Waals surface area contributed by atoms with E-state index in [2.05, 4.69) is 0 Å². The van der Waals surface area contributed by atoms with Gasteiger partial charge in [-0.25, -0.2) is 0 Å². The molecule has 0 fully saturated rings. The highest BCUT2D eigenvalue weighted by molar-refractivity contribution is 4.67. The van der Waals surface area contributed by atoms with Crippen molar-refractivity contribution in [2.75, 3.05) is 146 Å². The van der Waals surface area contributed by atoms with Crippen molar-refractivity contribution in [2.45, 2.75) is 61.0 Å².